The van der Waals surface area contributed by atoms with Gasteiger partial charge in [0.2, 0.25) is 5.91 Å². The van der Waals surface area contributed by atoms with Crippen LogP contribution < -0.4 is 5.32 Å². The van der Waals surface area contributed by atoms with Crippen LogP contribution in [0.4, 0.5) is 0 Å². The van der Waals surface area contributed by atoms with E-state index in [4.69, 9.17) is 9.47 Å². The van der Waals surface area contributed by atoms with Crippen LogP contribution >= 0.6 is 0 Å². The largest absolute Gasteiger partial charge is 0.393 e. The van der Waals surface area contributed by atoms with Crippen LogP contribution in [-0.4, -0.2) is 51.9 Å². The van der Waals surface area contributed by atoms with Crippen LogP contribution in [0.2, 0.25) is 0 Å². The Balaban J connectivity index is 1.48. The average molecular weight is 738 g/mol. The highest BCUT2D eigenvalue weighted by atomic mass is 16.5. The van der Waals surface area contributed by atoms with Crippen LogP contribution in [0.5, 0.6) is 0 Å². The molecule has 0 bridgehead atoms. The molecule has 3 N–H and O–H groups in total. The minimum absolute atomic E-state index is 0.0334. The summed E-state index contributed by atoms with van der Waals surface area (Å²) in [4.78, 5) is 12.9. The van der Waals surface area contributed by atoms with E-state index in [0.29, 0.717) is 30.1 Å². The summed E-state index contributed by atoms with van der Waals surface area (Å²) in [5.41, 5.74) is 1.53. The predicted octanol–water partition coefficient (Wildman–Crippen LogP) is 10.5. The zero-order chi connectivity index (χ0) is 39.7. The lowest BCUT2D eigenvalue weighted by Crippen LogP contribution is -2.64. The summed E-state index contributed by atoms with van der Waals surface area (Å²) < 4.78 is 13.3. The van der Waals surface area contributed by atoms with Gasteiger partial charge in [-0.05, 0) is 108 Å². The van der Waals surface area contributed by atoms with Gasteiger partial charge in [-0.2, -0.15) is 0 Å². The molecule has 6 nitrogen and oxygen atoms in total. The number of aliphatic hydroxyl groups is 2. The van der Waals surface area contributed by atoms with Crippen molar-refractivity contribution in [3.05, 3.63) is 59.8 Å². The number of hydrogen-bond acceptors (Lipinski definition) is 5. The van der Waals surface area contributed by atoms with Crippen molar-refractivity contribution in [2.75, 3.05) is 0 Å². The van der Waals surface area contributed by atoms with Crippen LogP contribution in [0.3, 0.4) is 0 Å². The fourth-order valence-electron chi connectivity index (χ4n) is 9.12. The van der Waals surface area contributed by atoms with Gasteiger partial charge in [-0.1, -0.05) is 116 Å². The smallest absolute Gasteiger partial charge is 0.225 e. The average Bonchev–Trinajstić information content (AvgIpc) is 3.08. The first-order valence-corrected chi connectivity index (χ1v) is 21.2. The summed E-state index contributed by atoms with van der Waals surface area (Å²) in [5, 5.41) is 25.6. The van der Waals surface area contributed by atoms with Crippen LogP contribution in [0.25, 0.3) is 0 Å². The third kappa shape index (κ3) is 12.2. The molecule has 0 aliphatic carbocycles. The van der Waals surface area contributed by atoms with E-state index in [0.717, 1.165) is 50.5 Å². The number of aliphatic hydroxyl groups excluding tert-OH is 2. The van der Waals surface area contributed by atoms with Gasteiger partial charge in [0.25, 0.3) is 0 Å². The second-order valence-corrected chi connectivity index (χ2v) is 18.6. The Kier molecular flexibility index (Phi) is 17.4. The molecular formula is C47H79NO5. The Morgan fingerprint density at radius 1 is 1.04 bits per heavy atom. The van der Waals surface area contributed by atoms with Crippen molar-refractivity contribution in [1.29, 1.82) is 0 Å². The SMILES string of the molecule is CC[C@H]1C[C@H](C)[C@@]2(NC1=O)O[C@@H](C[C@H](O)[C@@H](C)CC/C=C/C=C(\C)[C@H](C/C=C/C=C/[C@H](O)[C@H](C)[C@H]1OC(C)(C)CC[C@H]1C(C)C)C(C)C)[C@H](C)C=C2C. The number of rotatable bonds is 17. The lowest BCUT2D eigenvalue weighted by molar-refractivity contribution is -0.179. The maximum absolute atomic E-state index is 12.9. The minimum Gasteiger partial charge on any atom is -0.393 e. The molecule has 1 spiro atoms. The lowest BCUT2D eigenvalue weighted by atomic mass is 9.75. The summed E-state index contributed by atoms with van der Waals surface area (Å²) in [7, 11) is 0. The number of ether oxygens (including phenoxy) is 2. The molecule has 0 radical (unpaired) electrons. The van der Waals surface area contributed by atoms with Crippen molar-refractivity contribution < 1.29 is 24.5 Å². The number of carbonyl (C=O) groups is 1. The van der Waals surface area contributed by atoms with E-state index < -0.39 is 17.9 Å². The summed E-state index contributed by atoms with van der Waals surface area (Å²) in [6.45, 7) is 28.4. The van der Waals surface area contributed by atoms with Crippen LogP contribution in [0, 0.1) is 53.3 Å². The molecule has 2 fully saturated rings. The Morgan fingerprint density at radius 2 is 1.74 bits per heavy atom. The maximum atomic E-state index is 12.9. The highest BCUT2D eigenvalue weighted by molar-refractivity contribution is 5.81. The molecule has 0 aromatic rings. The molecule has 53 heavy (non-hydrogen) atoms. The van der Waals surface area contributed by atoms with Crippen molar-refractivity contribution in [2.45, 2.75) is 177 Å². The van der Waals surface area contributed by atoms with Crippen molar-refractivity contribution in [3.8, 4) is 0 Å². The van der Waals surface area contributed by atoms with Crippen molar-refractivity contribution in [1.82, 2.24) is 5.32 Å². The molecule has 0 unspecified atom stereocenters. The first-order valence-electron chi connectivity index (χ1n) is 21.2. The summed E-state index contributed by atoms with van der Waals surface area (Å²) in [5.74, 6) is 2.57. The third-order valence-corrected chi connectivity index (χ3v) is 13.1. The van der Waals surface area contributed by atoms with Gasteiger partial charge in [0.15, 0.2) is 5.72 Å². The van der Waals surface area contributed by atoms with Crippen LogP contribution in [0.15, 0.2) is 59.8 Å². The van der Waals surface area contributed by atoms with Crippen molar-refractivity contribution in [3.63, 3.8) is 0 Å². The van der Waals surface area contributed by atoms with Gasteiger partial charge < -0.3 is 25.0 Å². The molecular weight excluding hydrogens is 659 g/mol. The van der Waals surface area contributed by atoms with Gasteiger partial charge in [-0.3, -0.25) is 4.79 Å². The highest BCUT2D eigenvalue weighted by Crippen LogP contribution is 2.43. The molecule has 1 amide bonds. The molecule has 0 aromatic heterocycles. The van der Waals surface area contributed by atoms with E-state index in [9.17, 15) is 15.0 Å². The van der Waals surface area contributed by atoms with Gasteiger partial charge in [-0.15, -0.1) is 0 Å². The molecule has 12 atom stereocenters. The molecule has 3 rings (SSSR count). The van der Waals surface area contributed by atoms with E-state index in [1.165, 1.54) is 5.57 Å². The molecule has 3 heterocycles. The number of allylic oxidation sites excluding steroid dienone is 7. The number of piperidine rings is 1. The standard InChI is InChI=1S/C47H79NO5/c1-14-38-28-36(10)47(48-45(38)51)35(9)27-34(8)43(52-47)29-42(50)33(7)22-18-15-17-21-32(6)39(30(2)3)23-19-16-20-24-41(49)37(11)44-40(31(4)5)25-26-46(12,13)53-44/h15-17,19-21,24,27,30-31,33-34,36-44,49-50H,14,18,22-23,25-26,28-29H2,1-13H3,(H,48,51)/b17-15+,19-16+,24-20+,32-21+/t33-,34+,36-,37-,38-,39+,40-,41-,42-,43-,44+,47-/m0/s1. The monoisotopic (exact) mass is 738 g/mol. The Hall–Kier alpha value is -1.99. The molecule has 2 saturated heterocycles. The number of carbonyl (C=O) groups excluding carboxylic acids is 1. The molecule has 0 saturated carbocycles. The zero-order valence-corrected chi connectivity index (χ0v) is 35.9. The first kappa shape index (κ1) is 45.4. The molecule has 6 heteroatoms. The summed E-state index contributed by atoms with van der Waals surface area (Å²) in [6.07, 6.45) is 23.1. The number of nitrogens with one attached hydrogen (secondary N) is 1. The van der Waals surface area contributed by atoms with Crippen LogP contribution in [-0.2, 0) is 14.3 Å². The second kappa shape index (κ2) is 20.3. The fraction of sp³-hybridized carbons (Fsp3) is 0.766. The van der Waals surface area contributed by atoms with E-state index in [2.05, 4.69) is 132 Å². The number of amides is 1. The highest BCUT2D eigenvalue weighted by Gasteiger charge is 2.50. The zero-order valence-electron chi connectivity index (χ0n) is 35.9. The molecule has 302 valence electrons. The third-order valence-electron chi connectivity index (χ3n) is 13.1. The van der Waals surface area contributed by atoms with Crippen molar-refractivity contribution in [2.24, 2.45) is 53.3 Å². The van der Waals surface area contributed by atoms with Gasteiger partial charge in [-0.25, -0.2) is 0 Å². The normalized spacial score (nSPS) is 32.8. The van der Waals surface area contributed by atoms with Gasteiger partial charge in [0, 0.05) is 30.1 Å². The Labute approximate surface area is 325 Å². The quantitative estimate of drug-likeness (QED) is 0.102. The molecule has 3 aliphatic heterocycles. The van der Waals surface area contributed by atoms with Crippen LogP contribution in [0.1, 0.15) is 141 Å². The summed E-state index contributed by atoms with van der Waals surface area (Å²) >= 11 is 0. The Bertz CT molecular complexity index is 1310. The molecule has 3 aliphatic rings. The van der Waals surface area contributed by atoms with Crippen molar-refractivity contribution >= 4 is 5.91 Å². The Morgan fingerprint density at radius 3 is 2.38 bits per heavy atom. The van der Waals surface area contributed by atoms with Gasteiger partial charge in [0.05, 0.1) is 30.0 Å². The topological polar surface area (TPSA) is 88.0 Å². The fourth-order valence-corrected chi connectivity index (χ4v) is 9.12. The van der Waals surface area contributed by atoms with E-state index >= 15 is 0 Å². The first-order chi connectivity index (χ1) is 24.8. The maximum Gasteiger partial charge on any atom is 0.225 e. The van der Waals surface area contributed by atoms with E-state index in [1.54, 1.807) is 0 Å². The minimum atomic E-state index is -0.767. The summed E-state index contributed by atoms with van der Waals surface area (Å²) in [6, 6.07) is 0. The van der Waals surface area contributed by atoms with Gasteiger partial charge in [0.1, 0.15) is 0 Å². The molecule has 0 aromatic carbocycles. The second-order valence-electron chi connectivity index (χ2n) is 18.6. The number of hydrogen-bond donors (Lipinski definition) is 3. The van der Waals surface area contributed by atoms with E-state index in [-0.39, 0.29) is 53.3 Å². The lowest BCUT2D eigenvalue weighted by Gasteiger charge is -2.51. The predicted molar refractivity (Wildman–Crippen MR) is 221 cm³/mol. The van der Waals surface area contributed by atoms with Gasteiger partial charge >= 0.3 is 0 Å². The van der Waals surface area contributed by atoms with E-state index in [1.807, 2.05) is 12.2 Å².